The molecule has 0 saturated heterocycles. The van der Waals surface area contributed by atoms with Crippen LogP contribution in [0.5, 0.6) is 0 Å². The number of hydrogen-bond donors (Lipinski definition) is 1. The molecule has 5 heteroatoms. The van der Waals surface area contributed by atoms with Gasteiger partial charge < -0.3 is 10.1 Å². The minimum absolute atomic E-state index is 0.0419. The molecule has 18 heavy (non-hydrogen) atoms. The zero-order valence-electron chi connectivity index (χ0n) is 10.5. The molecule has 0 heterocycles. The van der Waals surface area contributed by atoms with Crippen LogP contribution in [0.3, 0.4) is 0 Å². The third-order valence-corrected chi connectivity index (χ3v) is 2.75. The minimum Gasteiger partial charge on any atom is -0.383 e. The van der Waals surface area contributed by atoms with Crippen molar-refractivity contribution in [3.63, 3.8) is 0 Å². The Hall–Kier alpha value is -1.13. The van der Waals surface area contributed by atoms with Crippen LogP contribution in [0.15, 0.2) is 18.2 Å². The first kappa shape index (κ1) is 14.9. The number of carbonyl (C=O) groups excluding carboxylic acids is 1. The highest BCUT2D eigenvalue weighted by molar-refractivity contribution is 6.31. The van der Waals surface area contributed by atoms with Gasteiger partial charge in [-0.05, 0) is 24.6 Å². The summed E-state index contributed by atoms with van der Waals surface area (Å²) in [4.78, 5) is 11.9. The Morgan fingerprint density at radius 3 is 2.89 bits per heavy atom. The van der Waals surface area contributed by atoms with Crippen LogP contribution >= 0.6 is 11.6 Å². The maximum Gasteiger partial charge on any atom is 0.254 e. The van der Waals surface area contributed by atoms with Crippen LogP contribution in [-0.4, -0.2) is 25.7 Å². The monoisotopic (exact) mass is 273 g/mol. The highest BCUT2D eigenvalue weighted by atomic mass is 35.5. The lowest BCUT2D eigenvalue weighted by atomic mass is 10.1. The number of hydrogen-bond acceptors (Lipinski definition) is 2. The Kier molecular flexibility index (Phi) is 6.09. The van der Waals surface area contributed by atoms with Gasteiger partial charge in [0.2, 0.25) is 0 Å². The summed E-state index contributed by atoms with van der Waals surface area (Å²) in [6.45, 7) is 2.41. The molecule has 0 aromatic heterocycles. The van der Waals surface area contributed by atoms with Crippen molar-refractivity contribution in [2.45, 2.75) is 25.8 Å². The second-order valence-electron chi connectivity index (χ2n) is 4.04. The molecule has 1 aromatic rings. The third-order valence-electron chi connectivity index (χ3n) is 2.51. The van der Waals surface area contributed by atoms with E-state index in [1.165, 1.54) is 18.2 Å². The Morgan fingerprint density at radius 2 is 2.28 bits per heavy atom. The summed E-state index contributed by atoms with van der Waals surface area (Å²) in [6.07, 6.45) is 1.69. The van der Waals surface area contributed by atoms with E-state index in [1.807, 2.05) is 6.92 Å². The van der Waals surface area contributed by atoms with Crippen molar-refractivity contribution in [3.05, 3.63) is 34.6 Å². The smallest absolute Gasteiger partial charge is 0.254 e. The Balaban J connectivity index is 2.76. The second kappa shape index (κ2) is 7.34. The van der Waals surface area contributed by atoms with Gasteiger partial charge in [-0.15, -0.1) is 0 Å². The van der Waals surface area contributed by atoms with Crippen LogP contribution in [0.2, 0.25) is 5.02 Å². The zero-order valence-corrected chi connectivity index (χ0v) is 11.3. The lowest BCUT2D eigenvalue weighted by Gasteiger charge is -2.17. The van der Waals surface area contributed by atoms with Gasteiger partial charge in [0, 0.05) is 12.1 Å². The second-order valence-corrected chi connectivity index (χ2v) is 4.48. The van der Waals surface area contributed by atoms with Crippen molar-refractivity contribution in [2.24, 2.45) is 0 Å². The van der Waals surface area contributed by atoms with Gasteiger partial charge in [-0.1, -0.05) is 24.9 Å². The number of nitrogens with one attached hydrogen (secondary N) is 1. The first-order chi connectivity index (χ1) is 8.58. The fraction of sp³-hybridized carbons (Fsp3) is 0.462. The fourth-order valence-corrected chi connectivity index (χ4v) is 1.85. The summed E-state index contributed by atoms with van der Waals surface area (Å²) >= 11 is 5.75. The maximum atomic E-state index is 13.5. The first-order valence-electron chi connectivity index (χ1n) is 5.83. The number of halogens is 2. The number of methoxy groups -OCH3 is 1. The molecule has 1 unspecified atom stereocenters. The van der Waals surface area contributed by atoms with Crippen LogP contribution in [-0.2, 0) is 4.74 Å². The van der Waals surface area contributed by atoms with Gasteiger partial charge in [-0.3, -0.25) is 4.79 Å². The topological polar surface area (TPSA) is 38.3 Å². The summed E-state index contributed by atoms with van der Waals surface area (Å²) in [6, 6.07) is 3.79. The molecular weight excluding hydrogens is 257 g/mol. The lowest BCUT2D eigenvalue weighted by molar-refractivity contribution is 0.0887. The molecule has 0 bridgehead atoms. The van der Waals surface area contributed by atoms with Crippen molar-refractivity contribution >= 4 is 17.5 Å². The number of ether oxygens (including phenoxy) is 1. The molecule has 3 nitrogen and oxygen atoms in total. The van der Waals surface area contributed by atoms with Crippen molar-refractivity contribution in [1.29, 1.82) is 0 Å². The molecule has 100 valence electrons. The molecule has 1 amide bonds. The van der Waals surface area contributed by atoms with Crippen molar-refractivity contribution in [3.8, 4) is 0 Å². The Bertz CT molecular complexity index is 406. The number of rotatable bonds is 6. The van der Waals surface area contributed by atoms with Gasteiger partial charge in [0.05, 0.1) is 18.2 Å². The maximum absolute atomic E-state index is 13.5. The third kappa shape index (κ3) is 4.27. The molecule has 0 saturated carbocycles. The lowest BCUT2D eigenvalue weighted by Crippen LogP contribution is -2.38. The number of amides is 1. The summed E-state index contributed by atoms with van der Waals surface area (Å²) in [5.41, 5.74) is -0.0419. The van der Waals surface area contributed by atoms with Gasteiger partial charge in [-0.2, -0.15) is 0 Å². The standard InChI is InChI=1S/C13H17ClFNO2/c1-3-4-10(8-18-2)16-13(17)11-7-9(14)5-6-12(11)15/h5-7,10H,3-4,8H2,1-2H3,(H,16,17). The van der Waals surface area contributed by atoms with E-state index >= 15 is 0 Å². The predicted octanol–water partition coefficient (Wildman–Crippen LogP) is 3.02. The van der Waals surface area contributed by atoms with Crippen LogP contribution in [0.1, 0.15) is 30.1 Å². The molecule has 0 radical (unpaired) electrons. The van der Waals surface area contributed by atoms with E-state index in [0.29, 0.717) is 11.6 Å². The first-order valence-corrected chi connectivity index (χ1v) is 6.21. The summed E-state index contributed by atoms with van der Waals surface area (Å²) in [5, 5.41) is 3.07. The van der Waals surface area contributed by atoms with Crippen molar-refractivity contribution < 1.29 is 13.9 Å². The average Bonchev–Trinajstić information content (AvgIpc) is 2.33. The van der Waals surface area contributed by atoms with Crippen molar-refractivity contribution in [2.75, 3.05) is 13.7 Å². The summed E-state index contributed by atoms with van der Waals surface area (Å²) in [5.74, 6) is -1.05. The molecule has 0 fully saturated rings. The molecule has 1 aromatic carbocycles. The SMILES string of the molecule is CCCC(COC)NC(=O)c1cc(Cl)ccc1F. The Labute approximate surface area is 111 Å². The van der Waals surface area contributed by atoms with Gasteiger partial charge >= 0.3 is 0 Å². The van der Waals surface area contributed by atoms with E-state index in [4.69, 9.17) is 16.3 Å². The van der Waals surface area contributed by atoms with Gasteiger partial charge in [0.15, 0.2) is 0 Å². The average molecular weight is 274 g/mol. The zero-order chi connectivity index (χ0) is 13.5. The van der Waals surface area contributed by atoms with Crippen molar-refractivity contribution in [1.82, 2.24) is 5.32 Å². The highest BCUT2D eigenvalue weighted by Gasteiger charge is 2.16. The van der Waals surface area contributed by atoms with Gasteiger partial charge in [0.1, 0.15) is 5.82 Å². The fourth-order valence-electron chi connectivity index (χ4n) is 1.68. The van der Waals surface area contributed by atoms with E-state index < -0.39 is 11.7 Å². The normalized spacial score (nSPS) is 12.2. The van der Waals surface area contributed by atoms with Crippen LogP contribution in [0, 0.1) is 5.82 Å². The molecule has 0 aliphatic rings. The predicted molar refractivity (Wildman–Crippen MR) is 69.4 cm³/mol. The summed E-state index contributed by atoms with van der Waals surface area (Å²) < 4.78 is 18.5. The molecular formula is C13H17ClFNO2. The molecule has 1 N–H and O–H groups in total. The van der Waals surface area contributed by atoms with E-state index in [-0.39, 0.29) is 11.6 Å². The van der Waals surface area contributed by atoms with Crippen LogP contribution < -0.4 is 5.32 Å². The largest absolute Gasteiger partial charge is 0.383 e. The Morgan fingerprint density at radius 1 is 1.56 bits per heavy atom. The summed E-state index contributed by atoms with van der Waals surface area (Å²) in [7, 11) is 1.56. The molecule has 1 rings (SSSR count). The number of benzene rings is 1. The minimum atomic E-state index is -0.579. The van der Waals surface area contributed by atoms with Crippen LogP contribution in [0.4, 0.5) is 4.39 Å². The van der Waals surface area contributed by atoms with Gasteiger partial charge in [0.25, 0.3) is 5.91 Å². The van der Waals surface area contributed by atoms with Crippen LogP contribution in [0.25, 0.3) is 0 Å². The van der Waals surface area contributed by atoms with E-state index in [9.17, 15) is 9.18 Å². The molecule has 0 aliphatic carbocycles. The number of carbonyl (C=O) groups is 1. The highest BCUT2D eigenvalue weighted by Crippen LogP contribution is 2.15. The molecule has 1 atom stereocenters. The van der Waals surface area contributed by atoms with E-state index in [1.54, 1.807) is 7.11 Å². The van der Waals surface area contributed by atoms with E-state index in [2.05, 4.69) is 5.32 Å². The molecule has 0 spiro atoms. The van der Waals surface area contributed by atoms with Gasteiger partial charge in [-0.25, -0.2) is 4.39 Å². The van der Waals surface area contributed by atoms with E-state index in [0.717, 1.165) is 12.8 Å². The molecule has 0 aliphatic heterocycles. The quantitative estimate of drug-likeness (QED) is 0.865.